The molecule has 0 bridgehead atoms. The van der Waals surface area contributed by atoms with Gasteiger partial charge < -0.3 is 11.1 Å². The van der Waals surface area contributed by atoms with E-state index in [0.29, 0.717) is 11.3 Å². The minimum atomic E-state index is -0.144. The summed E-state index contributed by atoms with van der Waals surface area (Å²) in [5.74, 6) is -0.144. The Balaban J connectivity index is 2.26. The zero-order valence-corrected chi connectivity index (χ0v) is 12.4. The number of carbonyl (C=O) groups excluding carboxylic acids is 1. The number of rotatable bonds is 2. The van der Waals surface area contributed by atoms with E-state index in [1.54, 1.807) is 6.07 Å². The van der Waals surface area contributed by atoms with Crippen molar-refractivity contribution >= 4 is 33.2 Å². The fourth-order valence-corrected chi connectivity index (χ4v) is 2.10. The second-order valence-electron chi connectivity index (χ2n) is 4.44. The van der Waals surface area contributed by atoms with Crippen LogP contribution in [-0.2, 0) is 0 Å². The van der Waals surface area contributed by atoms with E-state index in [-0.39, 0.29) is 5.91 Å². The highest BCUT2D eigenvalue weighted by Crippen LogP contribution is 2.22. The second kappa shape index (κ2) is 5.45. The molecule has 0 unspecified atom stereocenters. The maximum atomic E-state index is 12.2. The molecule has 0 aliphatic heterocycles. The average Bonchev–Trinajstić information content (AvgIpc) is 2.38. The molecule has 0 fully saturated rings. The quantitative estimate of drug-likeness (QED) is 0.825. The van der Waals surface area contributed by atoms with Gasteiger partial charge in [-0.05, 0) is 49.2 Å². The van der Waals surface area contributed by atoms with Crippen LogP contribution in [-0.4, -0.2) is 5.91 Å². The standard InChI is InChI=1S/C15H15BrN2O/c1-9-6-7-11(8-12(9)16)15(19)18-14-5-3-4-13(17)10(14)2/h3-8H,17H2,1-2H3,(H,18,19). The van der Waals surface area contributed by atoms with Crippen molar-refractivity contribution in [3.63, 3.8) is 0 Å². The number of amides is 1. The van der Waals surface area contributed by atoms with Gasteiger partial charge in [0.2, 0.25) is 0 Å². The van der Waals surface area contributed by atoms with Crippen molar-refractivity contribution in [2.45, 2.75) is 13.8 Å². The summed E-state index contributed by atoms with van der Waals surface area (Å²) in [6.07, 6.45) is 0. The molecule has 3 nitrogen and oxygen atoms in total. The molecule has 98 valence electrons. The molecular formula is C15H15BrN2O. The Kier molecular flexibility index (Phi) is 3.90. The summed E-state index contributed by atoms with van der Waals surface area (Å²) < 4.78 is 0.921. The van der Waals surface area contributed by atoms with Crippen molar-refractivity contribution in [3.05, 3.63) is 57.6 Å². The van der Waals surface area contributed by atoms with E-state index in [4.69, 9.17) is 5.73 Å². The summed E-state index contributed by atoms with van der Waals surface area (Å²) in [5, 5.41) is 2.87. The van der Waals surface area contributed by atoms with Crippen molar-refractivity contribution < 1.29 is 4.79 Å². The number of nitrogen functional groups attached to an aromatic ring is 1. The van der Waals surface area contributed by atoms with Gasteiger partial charge in [0.25, 0.3) is 5.91 Å². The van der Waals surface area contributed by atoms with E-state index < -0.39 is 0 Å². The van der Waals surface area contributed by atoms with E-state index in [9.17, 15) is 4.79 Å². The normalized spacial score (nSPS) is 10.3. The first-order valence-electron chi connectivity index (χ1n) is 5.91. The number of nitrogens with one attached hydrogen (secondary N) is 1. The molecule has 3 N–H and O–H groups in total. The zero-order valence-electron chi connectivity index (χ0n) is 10.8. The number of benzene rings is 2. The minimum absolute atomic E-state index is 0.144. The monoisotopic (exact) mass is 318 g/mol. The number of halogens is 1. The lowest BCUT2D eigenvalue weighted by molar-refractivity contribution is 0.102. The number of carbonyl (C=O) groups is 1. The van der Waals surface area contributed by atoms with Crippen LogP contribution in [0.3, 0.4) is 0 Å². The lowest BCUT2D eigenvalue weighted by atomic mass is 10.1. The number of hydrogen-bond acceptors (Lipinski definition) is 2. The van der Waals surface area contributed by atoms with Crippen molar-refractivity contribution in [3.8, 4) is 0 Å². The van der Waals surface area contributed by atoms with Crippen LogP contribution in [0.2, 0.25) is 0 Å². The molecule has 1 amide bonds. The largest absolute Gasteiger partial charge is 0.398 e. The van der Waals surface area contributed by atoms with Gasteiger partial charge in [0.05, 0.1) is 0 Å². The highest BCUT2D eigenvalue weighted by atomic mass is 79.9. The fraction of sp³-hybridized carbons (Fsp3) is 0.133. The summed E-state index contributed by atoms with van der Waals surface area (Å²) in [7, 11) is 0. The van der Waals surface area contributed by atoms with E-state index in [1.165, 1.54) is 0 Å². The van der Waals surface area contributed by atoms with Gasteiger partial charge in [0, 0.05) is 21.4 Å². The molecule has 4 heteroatoms. The average molecular weight is 319 g/mol. The number of nitrogens with two attached hydrogens (primary N) is 1. The van der Waals surface area contributed by atoms with Crippen molar-refractivity contribution in [1.82, 2.24) is 0 Å². The van der Waals surface area contributed by atoms with Gasteiger partial charge in [-0.1, -0.05) is 28.1 Å². The summed E-state index contributed by atoms with van der Waals surface area (Å²) >= 11 is 3.43. The van der Waals surface area contributed by atoms with Crippen LogP contribution in [0.1, 0.15) is 21.5 Å². The molecule has 19 heavy (non-hydrogen) atoms. The van der Waals surface area contributed by atoms with Crippen LogP contribution in [0.5, 0.6) is 0 Å². The number of anilines is 2. The first-order valence-corrected chi connectivity index (χ1v) is 6.71. The first kappa shape index (κ1) is 13.6. The molecule has 2 aromatic rings. The summed E-state index contributed by atoms with van der Waals surface area (Å²) in [6.45, 7) is 3.86. The summed E-state index contributed by atoms with van der Waals surface area (Å²) in [4.78, 5) is 12.2. The van der Waals surface area contributed by atoms with Crippen LogP contribution < -0.4 is 11.1 Å². The van der Waals surface area contributed by atoms with Crippen LogP contribution in [0.15, 0.2) is 40.9 Å². The van der Waals surface area contributed by atoms with Crippen LogP contribution >= 0.6 is 15.9 Å². The van der Waals surface area contributed by atoms with Crippen molar-refractivity contribution in [1.29, 1.82) is 0 Å². The topological polar surface area (TPSA) is 55.1 Å². The van der Waals surface area contributed by atoms with Crippen molar-refractivity contribution in [2.75, 3.05) is 11.1 Å². The van der Waals surface area contributed by atoms with E-state index in [1.807, 2.05) is 44.2 Å². The zero-order chi connectivity index (χ0) is 14.0. The molecule has 0 aliphatic rings. The Bertz CT molecular complexity index is 638. The van der Waals surface area contributed by atoms with Crippen molar-refractivity contribution in [2.24, 2.45) is 0 Å². The van der Waals surface area contributed by atoms with Gasteiger partial charge in [-0.3, -0.25) is 4.79 Å². The molecule has 0 saturated carbocycles. The predicted molar refractivity (Wildman–Crippen MR) is 82.4 cm³/mol. The van der Waals surface area contributed by atoms with Gasteiger partial charge >= 0.3 is 0 Å². The molecule has 0 heterocycles. The number of aryl methyl sites for hydroxylation is 1. The smallest absolute Gasteiger partial charge is 0.255 e. The molecule has 0 aromatic heterocycles. The van der Waals surface area contributed by atoms with E-state index in [2.05, 4.69) is 21.2 Å². The van der Waals surface area contributed by atoms with Gasteiger partial charge in [0.15, 0.2) is 0 Å². The third kappa shape index (κ3) is 2.96. The predicted octanol–water partition coefficient (Wildman–Crippen LogP) is 3.90. The van der Waals surface area contributed by atoms with Crippen LogP contribution in [0.4, 0.5) is 11.4 Å². The molecule has 0 spiro atoms. The maximum Gasteiger partial charge on any atom is 0.255 e. The minimum Gasteiger partial charge on any atom is -0.398 e. The van der Waals surface area contributed by atoms with Gasteiger partial charge in [0.1, 0.15) is 0 Å². The van der Waals surface area contributed by atoms with Gasteiger partial charge in [-0.2, -0.15) is 0 Å². The molecule has 0 aliphatic carbocycles. The number of hydrogen-bond donors (Lipinski definition) is 2. The van der Waals surface area contributed by atoms with Gasteiger partial charge in [-0.25, -0.2) is 0 Å². The Labute approximate surface area is 121 Å². The Morgan fingerprint density at radius 2 is 1.95 bits per heavy atom. The summed E-state index contributed by atoms with van der Waals surface area (Å²) in [6, 6.07) is 11.0. The SMILES string of the molecule is Cc1ccc(C(=O)Nc2cccc(N)c2C)cc1Br. The third-order valence-electron chi connectivity index (χ3n) is 3.06. The molecule has 0 radical (unpaired) electrons. The molecule has 0 saturated heterocycles. The molecule has 2 rings (SSSR count). The summed E-state index contributed by atoms with van der Waals surface area (Å²) in [5.41, 5.74) is 9.81. The maximum absolute atomic E-state index is 12.2. The van der Waals surface area contributed by atoms with Gasteiger partial charge in [-0.15, -0.1) is 0 Å². The highest BCUT2D eigenvalue weighted by molar-refractivity contribution is 9.10. The first-order chi connectivity index (χ1) is 8.99. The lowest BCUT2D eigenvalue weighted by Gasteiger charge is -2.10. The molecule has 2 aromatic carbocycles. The molecular weight excluding hydrogens is 304 g/mol. The Morgan fingerprint density at radius 3 is 2.63 bits per heavy atom. The van der Waals surface area contributed by atoms with Crippen LogP contribution in [0.25, 0.3) is 0 Å². The third-order valence-corrected chi connectivity index (χ3v) is 3.91. The highest BCUT2D eigenvalue weighted by Gasteiger charge is 2.09. The lowest BCUT2D eigenvalue weighted by Crippen LogP contribution is -2.13. The fourth-order valence-electron chi connectivity index (χ4n) is 1.72. The van der Waals surface area contributed by atoms with E-state index in [0.717, 1.165) is 21.3 Å². The van der Waals surface area contributed by atoms with E-state index >= 15 is 0 Å². The Hall–Kier alpha value is -1.81. The second-order valence-corrected chi connectivity index (χ2v) is 5.29. The van der Waals surface area contributed by atoms with Crippen LogP contribution in [0, 0.1) is 13.8 Å². The Morgan fingerprint density at radius 1 is 1.21 bits per heavy atom. The molecule has 0 atom stereocenters.